The van der Waals surface area contributed by atoms with Crippen LogP contribution in [-0.4, -0.2) is 4.98 Å². The second-order valence-corrected chi connectivity index (χ2v) is 5.79. The van der Waals surface area contributed by atoms with Crippen LogP contribution in [0.4, 0.5) is 0 Å². The van der Waals surface area contributed by atoms with Gasteiger partial charge in [-0.2, -0.15) is 0 Å². The van der Waals surface area contributed by atoms with Crippen molar-refractivity contribution in [2.24, 2.45) is 5.73 Å². The monoisotopic (exact) mass is 274 g/mol. The summed E-state index contributed by atoms with van der Waals surface area (Å²) in [6.45, 7) is 6.22. The highest BCUT2D eigenvalue weighted by atomic mass is 35.5. The van der Waals surface area contributed by atoms with Crippen LogP contribution in [0.5, 0.6) is 0 Å². The van der Waals surface area contributed by atoms with E-state index in [0.29, 0.717) is 11.4 Å². The molecule has 19 heavy (non-hydrogen) atoms. The molecule has 100 valence electrons. The quantitative estimate of drug-likeness (QED) is 0.925. The standard InChI is InChI=1S/C16H19ClN2/c1-11-4-5-12(2)14(8-11)16(3,18)9-13-6-7-19-10-15(13)17/h4-8,10H,9,18H2,1-3H3. The zero-order chi connectivity index (χ0) is 14.0. The lowest BCUT2D eigenvalue weighted by molar-refractivity contribution is 0.488. The molecule has 0 bridgehead atoms. The van der Waals surface area contributed by atoms with Gasteiger partial charge in [-0.1, -0.05) is 35.4 Å². The van der Waals surface area contributed by atoms with Crippen LogP contribution in [0.1, 0.15) is 29.2 Å². The molecule has 0 fully saturated rings. The average molecular weight is 275 g/mol. The molecule has 0 saturated heterocycles. The molecule has 1 aromatic carbocycles. The summed E-state index contributed by atoms with van der Waals surface area (Å²) in [5.74, 6) is 0. The van der Waals surface area contributed by atoms with Gasteiger partial charge >= 0.3 is 0 Å². The van der Waals surface area contributed by atoms with Crippen molar-refractivity contribution in [3.05, 3.63) is 63.9 Å². The molecule has 2 nitrogen and oxygen atoms in total. The molecule has 0 aliphatic carbocycles. The van der Waals surface area contributed by atoms with Gasteiger partial charge in [0.25, 0.3) is 0 Å². The number of hydrogen-bond donors (Lipinski definition) is 1. The van der Waals surface area contributed by atoms with Crippen molar-refractivity contribution in [3.63, 3.8) is 0 Å². The Hall–Kier alpha value is -1.38. The molecule has 0 spiro atoms. The van der Waals surface area contributed by atoms with Gasteiger partial charge in [-0.15, -0.1) is 0 Å². The topological polar surface area (TPSA) is 38.9 Å². The van der Waals surface area contributed by atoms with Crippen LogP contribution in [0.3, 0.4) is 0 Å². The Morgan fingerprint density at radius 3 is 2.68 bits per heavy atom. The maximum Gasteiger partial charge on any atom is 0.0622 e. The van der Waals surface area contributed by atoms with Crippen LogP contribution in [0, 0.1) is 13.8 Å². The SMILES string of the molecule is Cc1ccc(C)c(C(C)(N)Cc2ccncc2Cl)c1. The third kappa shape index (κ3) is 3.14. The Bertz CT molecular complexity index is 591. The van der Waals surface area contributed by atoms with Crippen molar-refractivity contribution in [1.29, 1.82) is 0 Å². The smallest absolute Gasteiger partial charge is 0.0622 e. The van der Waals surface area contributed by atoms with Crippen molar-refractivity contribution in [1.82, 2.24) is 4.98 Å². The van der Waals surface area contributed by atoms with Crippen LogP contribution in [0.15, 0.2) is 36.7 Å². The summed E-state index contributed by atoms with van der Waals surface area (Å²) in [5.41, 5.74) is 10.7. The highest BCUT2D eigenvalue weighted by molar-refractivity contribution is 6.31. The van der Waals surface area contributed by atoms with Gasteiger partial charge in [-0.3, -0.25) is 4.98 Å². The second-order valence-electron chi connectivity index (χ2n) is 5.38. The van der Waals surface area contributed by atoms with E-state index < -0.39 is 5.54 Å². The van der Waals surface area contributed by atoms with Crippen LogP contribution in [-0.2, 0) is 12.0 Å². The summed E-state index contributed by atoms with van der Waals surface area (Å²) in [6, 6.07) is 8.31. The number of halogens is 1. The van der Waals surface area contributed by atoms with Crippen LogP contribution >= 0.6 is 11.6 Å². The third-order valence-corrected chi connectivity index (χ3v) is 3.76. The molecule has 1 atom stereocenters. The van der Waals surface area contributed by atoms with E-state index >= 15 is 0 Å². The van der Waals surface area contributed by atoms with Gasteiger partial charge < -0.3 is 5.73 Å². The predicted molar refractivity (Wildman–Crippen MR) is 80.4 cm³/mol. The van der Waals surface area contributed by atoms with Crippen LogP contribution in [0.2, 0.25) is 5.02 Å². The summed E-state index contributed by atoms with van der Waals surface area (Å²) in [5, 5.41) is 0.671. The largest absolute Gasteiger partial charge is 0.321 e. The Labute approximate surface area is 119 Å². The summed E-state index contributed by atoms with van der Waals surface area (Å²) in [4.78, 5) is 4.01. The molecule has 0 aliphatic heterocycles. The Kier molecular flexibility index (Phi) is 3.93. The lowest BCUT2D eigenvalue weighted by Gasteiger charge is -2.28. The second kappa shape index (κ2) is 5.32. The molecule has 3 heteroatoms. The van der Waals surface area contributed by atoms with Gasteiger partial charge in [0.15, 0.2) is 0 Å². The number of benzene rings is 1. The van der Waals surface area contributed by atoms with E-state index in [1.807, 2.05) is 13.0 Å². The fraction of sp³-hybridized carbons (Fsp3) is 0.312. The average Bonchev–Trinajstić information content (AvgIpc) is 2.35. The molecule has 0 aliphatic rings. The summed E-state index contributed by atoms with van der Waals surface area (Å²) >= 11 is 6.17. The molecule has 1 aromatic heterocycles. The first-order valence-corrected chi connectivity index (χ1v) is 6.73. The number of aromatic nitrogens is 1. The maximum absolute atomic E-state index is 6.53. The number of nitrogens with two attached hydrogens (primary N) is 1. The van der Waals surface area contributed by atoms with Gasteiger partial charge in [0.2, 0.25) is 0 Å². The minimum absolute atomic E-state index is 0.443. The van der Waals surface area contributed by atoms with Crippen molar-refractivity contribution in [2.75, 3.05) is 0 Å². The van der Waals surface area contributed by atoms with E-state index in [9.17, 15) is 0 Å². The minimum Gasteiger partial charge on any atom is -0.321 e. The number of hydrogen-bond acceptors (Lipinski definition) is 2. The highest BCUT2D eigenvalue weighted by Gasteiger charge is 2.24. The van der Waals surface area contributed by atoms with Crippen molar-refractivity contribution < 1.29 is 0 Å². The van der Waals surface area contributed by atoms with Crippen molar-refractivity contribution in [3.8, 4) is 0 Å². The molecule has 0 saturated carbocycles. The van der Waals surface area contributed by atoms with E-state index in [0.717, 1.165) is 5.56 Å². The predicted octanol–water partition coefficient (Wildman–Crippen LogP) is 3.77. The van der Waals surface area contributed by atoms with E-state index in [2.05, 4.69) is 37.0 Å². The number of pyridine rings is 1. The Morgan fingerprint density at radius 1 is 1.26 bits per heavy atom. The highest BCUT2D eigenvalue weighted by Crippen LogP contribution is 2.28. The van der Waals surface area contributed by atoms with E-state index in [1.165, 1.54) is 16.7 Å². The third-order valence-electron chi connectivity index (χ3n) is 3.42. The fourth-order valence-electron chi connectivity index (χ4n) is 2.39. The molecular formula is C16H19ClN2. The molecule has 2 rings (SSSR count). The first kappa shape index (κ1) is 14.0. The summed E-state index contributed by atoms with van der Waals surface area (Å²) in [7, 11) is 0. The minimum atomic E-state index is -0.443. The summed E-state index contributed by atoms with van der Waals surface area (Å²) in [6.07, 6.45) is 4.11. The fourth-order valence-corrected chi connectivity index (χ4v) is 2.58. The molecule has 0 radical (unpaired) electrons. The Morgan fingerprint density at radius 2 is 2.00 bits per heavy atom. The Balaban J connectivity index is 2.37. The first-order valence-electron chi connectivity index (χ1n) is 6.35. The van der Waals surface area contributed by atoms with Crippen molar-refractivity contribution in [2.45, 2.75) is 32.7 Å². The zero-order valence-electron chi connectivity index (χ0n) is 11.6. The van der Waals surface area contributed by atoms with Gasteiger partial charge in [0.05, 0.1) is 5.02 Å². The van der Waals surface area contributed by atoms with E-state index in [4.69, 9.17) is 17.3 Å². The van der Waals surface area contributed by atoms with Crippen LogP contribution < -0.4 is 5.73 Å². The van der Waals surface area contributed by atoms with Crippen LogP contribution in [0.25, 0.3) is 0 Å². The van der Waals surface area contributed by atoms with E-state index in [1.54, 1.807) is 12.4 Å². The summed E-state index contributed by atoms with van der Waals surface area (Å²) < 4.78 is 0. The van der Waals surface area contributed by atoms with Gasteiger partial charge in [0, 0.05) is 17.9 Å². The lowest BCUT2D eigenvalue weighted by atomic mass is 9.83. The number of nitrogens with zero attached hydrogens (tertiary/aromatic N) is 1. The normalized spacial score (nSPS) is 14.2. The molecule has 0 amide bonds. The van der Waals surface area contributed by atoms with E-state index in [-0.39, 0.29) is 0 Å². The lowest BCUT2D eigenvalue weighted by Crippen LogP contribution is -2.36. The first-order chi connectivity index (χ1) is 8.90. The number of rotatable bonds is 3. The van der Waals surface area contributed by atoms with Gasteiger partial charge in [-0.25, -0.2) is 0 Å². The molecule has 2 N–H and O–H groups in total. The molecule has 1 unspecified atom stereocenters. The maximum atomic E-state index is 6.53. The van der Waals surface area contributed by atoms with Gasteiger partial charge in [0.1, 0.15) is 0 Å². The number of aryl methyl sites for hydroxylation is 2. The zero-order valence-corrected chi connectivity index (χ0v) is 12.3. The van der Waals surface area contributed by atoms with Gasteiger partial charge in [-0.05, 0) is 49.9 Å². The molecule has 1 heterocycles. The molecular weight excluding hydrogens is 256 g/mol. The molecule has 2 aromatic rings. The van der Waals surface area contributed by atoms with Crippen molar-refractivity contribution >= 4 is 11.6 Å².